The lowest BCUT2D eigenvalue weighted by Gasteiger charge is -2.31. The normalized spacial score (nSPS) is 14.9. The lowest BCUT2D eigenvalue weighted by molar-refractivity contribution is 0.289. The van der Waals surface area contributed by atoms with Crippen LogP contribution in [0.4, 0.5) is 0 Å². The van der Waals surface area contributed by atoms with Gasteiger partial charge in [-0.15, -0.1) is 0 Å². The molecule has 1 atom stereocenters. The van der Waals surface area contributed by atoms with Crippen molar-refractivity contribution in [3.05, 3.63) is 0 Å². The summed E-state index contributed by atoms with van der Waals surface area (Å²) >= 11 is 0. The second kappa shape index (κ2) is 8.31. The summed E-state index contributed by atoms with van der Waals surface area (Å²) in [5, 5.41) is 7.72. The molecule has 19 heavy (non-hydrogen) atoms. The van der Waals surface area contributed by atoms with Crippen molar-refractivity contribution in [2.75, 3.05) is 19.6 Å². The van der Waals surface area contributed by atoms with E-state index < -0.39 is 0 Å². The first-order valence-electron chi connectivity index (χ1n) is 7.97. The molecular formula is C16H37BN2. The van der Waals surface area contributed by atoms with E-state index in [1.165, 1.54) is 12.8 Å². The van der Waals surface area contributed by atoms with Gasteiger partial charge in [0.05, 0.1) is 0 Å². The van der Waals surface area contributed by atoms with Crippen LogP contribution in [0.25, 0.3) is 0 Å². The molecule has 0 rings (SSSR count). The minimum absolute atomic E-state index is 0.245. The van der Waals surface area contributed by atoms with E-state index in [2.05, 4.69) is 66.9 Å². The van der Waals surface area contributed by atoms with Crippen LogP contribution in [0.2, 0.25) is 5.31 Å². The minimum Gasteiger partial charge on any atom is -0.316 e. The highest BCUT2D eigenvalue weighted by atomic mass is 15.0. The monoisotopic (exact) mass is 268 g/mol. The lowest BCUT2D eigenvalue weighted by Crippen LogP contribution is -2.43. The van der Waals surface area contributed by atoms with Crippen LogP contribution in [0.1, 0.15) is 61.3 Å². The SMILES string of the molecule is BC(C)(C)CCNCC(C)CC(C)(C)NCC(C)C. The summed E-state index contributed by atoms with van der Waals surface area (Å²) in [4.78, 5) is 0. The molecule has 0 spiro atoms. The Labute approximate surface area is 122 Å². The van der Waals surface area contributed by atoms with Gasteiger partial charge in [0.15, 0.2) is 0 Å². The van der Waals surface area contributed by atoms with E-state index in [1.807, 2.05) is 0 Å². The molecule has 0 radical (unpaired) electrons. The van der Waals surface area contributed by atoms with Crippen molar-refractivity contribution in [2.45, 2.75) is 72.2 Å². The maximum atomic E-state index is 3.68. The summed E-state index contributed by atoms with van der Waals surface area (Å²) in [6.07, 6.45) is 2.47. The fraction of sp³-hybridized carbons (Fsp3) is 1.00. The summed E-state index contributed by atoms with van der Waals surface area (Å²) in [7, 11) is 2.30. The van der Waals surface area contributed by atoms with Crippen molar-refractivity contribution in [3.63, 3.8) is 0 Å². The molecule has 2 nitrogen and oxygen atoms in total. The smallest absolute Gasteiger partial charge is 0.108 e. The Bertz CT molecular complexity index is 231. The van der Waals surface area contributed by atoms with Gasteiger partial charge in [-0.1, -0.05) is 39.9 Å². The minimum atomic E-state index is 0.245. The predicted molar refractivity (Wildman–Crippen MR) is 90.8 cm³/mol. The largest absolute Gasteiger partial charge is 0.316 e. The van der Waals surface area contributed by atoms with E-state index in [-0.39, 0.29) is 5.54 Å². The van der Waals surface area contributed by atoms with Crippen LogP contribution in [-0.4, -0.2) is 33.0 Å². The average Bonchev–Trinajstić information content (AvgIpc) is 2.20. The van der Waals surface area contributed by atoms with E-state index in [9.17, 15) is 0 Å². The molecule has 0 amide bonds. The van der Waals surface area contributed by atoms with Crippen LogP contribution in [0, 0.1) is 11.8 Å². The van der Waals surface area contributed by atoms with Crippen molar-refractivity contribution >= 4 is 7.85 Å². The third kappa shape index (κ3) is 12.8. The zero-order valence-electron chi connectivity index (χ0n) is 14.7. The highest BCUT2D eigenvalue weighted by molar-refractivity contribution is 6.14. The van der Waals surface area contributed by atoms with Gasteiger partial charge in [-0.3, -0.25) is 0 Å². The molecule has 0 fully saturated rings. The highest BCUT2D eigenvalue weighted by Gasteiger charge is 2.20. The first-order chi connectivity index (χ1) is 8.52. The van der Waals surface area contributed by atoms with Gasteiger partial charge in [-0.25, -0.2) is 0 Å². The highest BCUT2D eigenvalue weighted by Crippen LogP contribution is 2.22. The molecule has 0 aliphatic carbocycles. The summed E-state index contributed by atoms with van der Waals surface area (Å²) in [6, 6.07) is 0. The Morgan fingerprint density at radius 2 is 1.58 bits per heavy atom. The quantitative estimate of drug-likeness (QED) is 0.470. The molecule has 2 N–H and O–H groups in total. The first-order valence-corrected chi connectivity index (χ1v) is 7.97. The zero-order chi connectivity index (χ0) is 15.1. The molecule has 3 heteroatoms. The Kier molecular flexibility index (Phi) is 8.30. The van der Waals surface area contributed by atoms with Gasteiger partial charge in [-0.2, -0.15) is 0 Å². The van der Waals surface area contributed by atoms with Crippen molar-refractivity contribution in [1.82, 2.24) is 10.6 Å². The predicted octanol–water partition coefficient (Wildman–Crippen LogP) is 2.85. The molecule has 114 valence electrons. The molecule has 1 unspecified atom stereocenters. The first kappa shape index (κ1) is 19.0. The van der Waals surface area contributed by atoms with Crippen LogP contribution < -0.4 is 10.6 Å². The van der Waals surface area contributed by atoms with Crippen molar-refractivity contribution in [2.24, 2.45) is 11.8 Å². The Hall–Kier alpha value is -0.0151. The molecule has 0 saturated heterocycles. The topological polar surface area (TPSA) is 24.1 Å². The number of rotatable bonds is 10. The molecule has 0 bridgehead atoms. The maximum absolute atomic E-state index is 3.68. The zero-order valence-corrected chi connectivity index (χ0v) is 14.7. The Morgan fingerprint density at radius 3 is 2.05 bits per heavy atom. The summed E-state index contributed by atoms with van der Waals surface area (Å²) in [5.41, 5.74) is 0.245. The van der Waals surface area contributed by atoms with E-state index in [1.54, 1.807) is 0 Å². The van der Waals surface area contributed by atoms with Gasteiger partial charge in [0.25, 0.3) is 0 Å². The fourth-order valence-corrected chi connectivity index (χ4v) is 2.31. The van der Waals surface area contributed by atoms with E-state index in [0.29, 0.717) is 5.31 Å². The van der Waals surface area contributed by atoms with Gasteiger partial charge in [-0.05, 0) is 58.2 Å². The van der Waals surface area contributed by atoms with Gasteiger partial charge in [0.1, 0.15) is 7.85 Å². The Balaban J connectivity index is 3.80. The van der Waals surface area contributed by atoms with E-state index >= 15 is 0 Å². The summed E-state index contributed by atoms with van der Waals surface area (Å²) in [6.45, 7) is 19.5. The third-order valence-electron chi connectivity index (χ3n) is 3.39. The maximum Gasteiger partial charge on any atom is 0.108 e. The van der Waals surface area contributed by atoms with Crippen molar-refractivity contribution in [3.8, 4) is 0 Å². The van der Waals surface area contributed by atoms with Crippen LogP contribution in [0.5, 0.6) is 0 Å². The molecular weight excluding hydrogens is 231 g/mol. The Morgan fingerprint density at radius 1 is 1.00 bits per heavy atom. The average molecular weight is 268 g/mol. The fourth-order valence-electron chi connectivity index (χ4n) is 2.31. The second-order valence-corrected chi connectivity index (χ2v) is 8.48. The van der Waals surface area contributed by atoms with Crippen molar-refractivity contribution < 1.29 is 0 Å². The number of nitrogens with one attached hydrogen (secondary N) is 2. The van der Waals surface area contributed by atoms with Gasteiger partial charge >= 0.3 is 0 Å². The van der Waals surface area contributed by atoms with Gasteiger partial charge < -0.3 is 10.6 Å². The molecule has 0 aromatic carbocycles. The molecule has 0 aliphatic heterocycles. The van der Waals surface area contributed by atoms with E-state index in [4.69, 9.17) is 0 Å². The number of hydrogen-bond acceptors (Lipinski definition) is 2. The lowest BCUT2D eigenvalue weighted by atomic mass is 9.70. The standard InChI is InChI=1S/C16H37BN2/c1-13(2)11-19-16(6,7)10-14(3)12-18-9-8-15(4,5)17/h13-14,18-19H,8-12,17H2,1-7H3. The number of hydrogen-bond donors (Lipinski definition) is 2. The molecule has 0 aromatic heterocycles. The molecule has 0 heterocycles. The third-order valence-corrected chi connectivity index (χ3v) is 3.39. The van der Waals surface area contributed by atoms with Gasteiger partial charge in [0.2, 0.25) is 0 Å². The summed E-state index contributed by atoms with van der Waals surface area (Å²) in [5.74, 6) is 1.44. The molecule has 0 aliphatic rings. The van der Waals surface area contributed by atoms with Crippen LogP contribution >= 0.6 is 0 Å². The second-order valence-electron chi connectivity index (χ2n) is 8.48. The molecule has 0 aromatic rings. The van der Waals surface area contributed by atoms with Crippen molar-refractivity contribution in [1.29, 1.82) is 0 Å². The van der Waals surface area contributed by atoms with Crippen LogP contribution in [-0.2, 0) is 0 Å². The molecule has 0 saturated carbocycles. The van der Waals surface area contributed by atoms with Crippen LogP contribution in [0.15, 0.2) is 0 Å². The van der Waals surface area contributed by atoms with Gasteiger partial charge in [0, 0.05) is 5.54 Å². The van der Waals surface area contributed by atoms with E-state index in [0.717, 1.165) is 31.5 Å². The summed E-state index contributed by atoms with van der Waals surface area (Å²) < 4.78 is 0. The van der Waals surface area contributed by atoms with Crippen LogP contribution in [0.3, 0.4) is 0 Å².